The minimum absolute atomic E-state index is 0.263. The molecule has 0 saturated heterocycles. The Morgan fingerprint density at radius 2 is 2.03 bits per heavy atom. The van der Waals surface area contributed by atoms with Gasteiger partial charge in [0.15, 0.2) is 0 Å². The van der Waals surface area contributed by atoms with Crippen molar-refractivity contribution in [1.82, 2.24) is 9.97 Å². The standard InChI is InChI=1S/C22H24FN5O/c1-28(2)19-9-8-18(20(21(24)29)16-6-4-11-25-14-16)22(27-19)26-12-10-15-5-3-7-17(23)13-15/h3-9,11,13-14,20H,10,12H2,1-2H3,(H2,24,29)(H,26,27). The molecule has 1 atom stereocenters. The molecule has 0 aliphatic carbocycles. The van der Waals surface area contributed by atoms with Gasteiger partial charge in [-0.15, -0.1) is 0 Å². The van der Waals surface area contributed by atoms with E-state index in [0.29, 0.717) is 29.9 Å². The van der Waals surface area contributed by atoms with E-state index in [4.69, 9.17) is 5.73 Å². The summed E-state index contributed by atoms with van der Waals surface area (Å²) in [5.74, 6) is -0.104. The maximum Gasteiger partial charge on any atom is 0.229 e. The van der Waals surface area contributed by atoms with Gasteiger partial charge < -0.3 is 16.0 Å². The molecule has 0 aliphatic heterocycles. The van der Waals surface area contributed by atoms with E-state index < -0.39 is 11.8 Å². The highest BCUT2D eigenvalue weighted by molar-refractivity contribution is 5.87. The quantitative estimate of drug-likeness (QED) is 0.615. The molecule has 1 aromatic carbocycles. The molecule has 3 aromatic rings. The molecule has 1 unspecified atom stereocenters. The van der Waals surface area contributed by atoms with Gasteiger partial charge in [-0.1, -0.05) is 24.3 Å². The lowest BCUT2D eigenvalue weighted by atomic mass is 9.92. The number of rotatable bonds is 8. The average Bonchev–Trinajstić information content (AvgIpc) is 2.69. The van der Waals surface area contributed by atoms with Crippen molar-refractivity contribution in [2.45, 2.75) is 12.3 Å². The highest BCUT2D eigenvalue weighted by atomic mass is 19.1. The van der Waals surface area contributed by atoms with Crippen LogP contribution in [0.5, 0.6) is 0 Å². The Labute approximate surface area is 169 Å². The summed E-state index contributed by atoms with van der Waals surface area (Å²) in [7, 11) is 3.79. The number of nitrogens with one attached hydrogen (secondary N) is 1. The second-order valence-corrected chi connectivity index (χ2v) is 6.93. The molecule has 0 bridgehead atoms. The zero-order valence-electron chi connectivity index (χ0n) is 16.5. The Balaban J connectivity index is 1.91. The van der Waals surface area contributed by atoms with Gasteiger partial charge in [0.2, 0.25) is 5.91 Å². The number of carbonyl (C=O) groups excluding carboxylic acids is 1. The highest BCUT2D eigenvalue weighted by Gasteiger charge is 2.24. The zero-order valence-corrected chi connectivity index (χ0v) is 16.5. The van der Waals surface area contributed by atoms with E-state index in [2.05, 4.69) is 15.3 Å². The molecular formula is C22H24FN5O. The number of benzene rings is 1. The van der Waals surface area contributed by atoms with Gasteiger partial charge in [0, 0.05) is 38.6 Å². The largest absolute Gasteiger partial charge is 0.369 e. The van der Waals surface area contributed by atoms with E-state index in [1.807, 2.05) is 43.3 Å². The van der Waals surface area contributed by atoms with Crippen molar-refractivity contribution in [1.29, 1.82) is 0 Å². The van der Waals surface area contributed by atoms with Crippen LogP contribution in [0.1, 0.15) is 22.6 Å². The number of amides is 1. The van der Waals surface area contributed by atoms with Crippen LogP contribution in [0.2, 0.25) is 0 Å². The van der Waals surface area contributed by atoms with Crippen LogP contribution in [-0.4, -0.2) is 36.5 Å². The Morgan fingerprint density at radius 1 is 1.21 bits per heavy atom. The number of hydrogen-bond acceptors (Lipinski definition) is 5. The summed E-state index contributed by atoms with van der Waals surface area (Å²) in [6, 6.07) is 13.8. The van der Waals surface area contributed by atoms with Crippen LogP contribution >= 0.6 is 0 Å². The van der Waals surface area contributed by atoms with E-state index >= 15 is 0 Å². The van der Waals surface area contributed by atoms with Gasteiger partial charge in [0.1, 0.15) is 17.5 Å². The molecule has 1 amide bonds. The van der Waals surface area contributed by atoms with Gasteiger partial charge in [0.05, 0.1) is 5.92 Å². The van der Waals surface area contributed by atoms with Crippen LogP contribution < -0.4 is 16.0 Å². The van der Waals surface area contributed by atoms with Crippen LogP contribution in [0.25, 0.3) is 0 Å². The summed E-state index contributed by atoms with van der Waals surface area (Å²) in [4.78, 5) is 22.9. The lowest BCUT2D eigenvalue weighted by Gasteiger charge is -2.21. The molecule has 0 radical (unpaired) electrons. The minimum Gasteiger partial charge on any atom is -0.369 e. The van der Waals surface area contributed by atoms with Crippen molar-refractivity contribution < 1.29 is 9.18 Å². The second-order valence-electron chi connectivity index (χ2n) is 6.93. The molecule has 0 aliphatic rings. The smallest absolute Gasteiger partial charge is 0.229 e. The second kappa shape index (κ2) is 9.14. The molecule has 3 N–H and O–H groups in total. The predicted octanol–water partition coefficient (Wildman–Crippen LogP) is 2.95. The van der Waals surface area contributed by atoms with E-state index in [1.54, 1.807) is 24.5 Å². The van der Waals surface area contributed by atoms with E-state index in [-0.39, 0.29) is 5.82 Å². The topological polar surface area (TPSA) is 84.1 Å². The molecule has 0 saturated carbocycles. The van der Waals surface area contributed by atoms with Gasteiger partial charge in [-0.3, -0.25) is 9.78 Å². The number of halogens is 1. The lowest BCUT2D eigenvalue weighted by molar-refractivity contribution is -0.118. The van der Waals surface area contributed by atoms with Crippen LogP contribution in [0.15, 0.2) is 60.9 Å². The molecule has 0 spiro atoms. The van der Waals surface area contributed by atoms with Crippen molar-refractivity contribution in [3.05, 3.63) is 83.4 Å². The average molecular weight is 393 g/mol. The first-order valence-electron chi connectivity index (χ1n) is 9.31. The Hall–Kier alpha value is -3.48. The van der Waals surface area contributed by atoms with Crippen molar-refractivity contribution in [2.75, 3.05) is 30.9 Å². The first-order valence-corrected chi connectivity index (χ1v) is 9.31. The van der Waals surface area contributed by atoms with Crippen molar-refractivity contribution in [2.24, 2.45) is 5.73 Å². The summed E-state index contributed by atoms with van der Waals surface area (Å²) in [6.07, 6.45) is 3.89. The third kappa shape index (κ3) is 5.07. The van der Waals surface area contributed by atoms with E-state index in [9.17, 15) is 9.18 Å². The third-order valence-corrected chi connectivity index (χ3v) is 4.58. The maximum atomic E-state index is 13.4. The van der Waals surface area contributed by atoms with Crippen molar-refractivity contribution in [3.63, 3.8) is 0 Å². The van der Waals surface area contributed by atoms with E-state index in [1.165, 1.54) is 12.1 Å². The Kier molecular flexibility index (Phi) is 6.39. The highest BCUT2D eigenvalue weighted by Crippen LogP contribution is 2.30. The number of nitrogens with two attached hydrogens (primary N) is 1. The molecule has 29 heavy (non-hydrogen) atoms. The van der Waals surface area contributed by atoms with E-state index in [0.717, 1.165) is 11.4 Å². The molecule has 2 aromatic heterocycles. The van der Waals surface area contributed by atoms with Crippen LogP contribution in [0, 0.1) is 5.82 Å². The predicted molar refractivity (Wildman–Crippen MR) is 112 cm³/mol. The number of primary amides is 1. The fraction of sp³-hybridized carbons (Fsp3) is 0.227. The lowest BCUT2D eigenvalue weighted by Crippen LogP contribution is -2.24. The summed E-state index contributed by atoms with van der Waals surface area (Å²) in [5, 5.41) is 3.29. The Morgan fingerprint density at radius 3 is 2.69 bits per heavy atom. The first kappa shape index (κ1) is 20.3. The monoisotopic (exact) mass is 393 g/mol. The normalized spacial score (nSPS) is 11.7. The number of pyridine rings is 2. The summed E-state index contributed by atoms with van der Waals surface area (Å²) >= 11 is 0. The molecule has 2 heterocycles. The summed E-state index contributed by atoms with van der Waals surface area (Å²) in [5.41, 5.74) is 7.98. The number of anilines is 2. The fourth-order valence-electron chi connectivity index (χ4n) is 3.14. The molecule has 7 heteroatoms. The van der Waals surface area contributed by atoms with Crippen LogP contribution in [0.3, 0.4) is 0 Å². The minimum atomic E-state index is -0.677. The maximum absolute atomic E-state index is 13.4. The molecule has 6 nitrogen and oxygen atoms in total. The van der Waals surface area contributed by atoms with Gasteiger partial charge in [-0.2, -0.15) is 0 Å². The van der Waals surface area contributed by atoms with Gasteiger partial charge in [0.25, 0.3) is 0 Å². The zero-order chi connectivity index (χ0) is 20.8. The van der Waals surface area contributed by atoms with Crippen molar-refractivity contribution >= 4 is 17.5 Å². The molecular weight excluding hydrogens is 369 g/mol. The molecule has 150 valence electrons. The van der Waals surface area contributed by atoms with Gasteiger partial charge >= 0.3 is 0 Å². The number of hydrogen-bond donors (Lipinski definition) is 2. The molecule has 0 fully saturated rings. The summed E-state index contributed by atoms with van der Waals surface area (Å²) in [6.45, 7) is 0.527. The van der Waals surface area contributed by atoms with Crippen molar-refractivity contribution in [3.8, 4) is 0 Å². The van der Waals surface area contributed by atoms with Crippen LogP contribution in [0.4, 0.5) is 16.0 Å². The molecule has 3 rings (SSSR count). The number of aromatic nitrogens is 2. The number of carbonyl (C=O) groups is 1. The third-order valence-electron chi connectivity index (χ3n) is 4.58. The Bertz CT molecular complexity index is 978. The van der Waals surface area contributed by atoms with Crippen LogP contribution in [-0.2, 0) is 11.2 Å². The van der Waals surface area contributed by atoms with Gasteiger partial charge in [-0.25, -0.2) is 9.37 Å². The fourth-order valence-corrected chi connectivity index (χ4v) is 3.14. The SMILES string of the molecule is CN(C)c1ccc(C(C(N)=O)c2cccnc2)c(NCCc2cccc(F)c2)n1. The number of nitrogens with zero attached hydrogens (tertiary/aromatic N) is 3. The summed E-state index contributed by atoms with van der Waals surface area (Å²) < 4.78 is 13.4. The van der Waals surface area contributed by atoms with Gasteiger partial charge in [-0.05, 0) is 41.8 Å². The first-order chi connectivity index (χ1) is 14.0.